The molecule has 0 unspecified atom stereocenters. The number of hydrogen-bond acceptors (Lipinski definition) is 4. The van der Waals surface area contributed by atoms with Crippen molar-refractivity contribution >= 4 is 40.9 Å². The molecule has 0 spiro atoms. The van der Waals surface area contributed by atoms with Crippen molar-refractivity contribution in [2.24, 2.45) is 0 Å². The van der Waals surface area contributed by atoms with E-state index in [1.165, 1.54) is 6.08 Å². The first-order valence-electron chi connectivity index (χ1n) is 10.2. The molecular formula is C26H22Cl2N2O3. The molecule has 0 aliphatic rings. The van der Waals surface area contributed by atoms with Crippen LogP contribution in [0.25, 0.3) is 6.08 Å². The molecule has 7 heteroatoms. The van der Waals surface area contributed by atoms with Gasteiger partial charge < -0.3 is 14.8 Å². The van der Waals surface area contributed by atoms with E-state index in [9.17, 15) is 10.1 Å². The molecule has 168 valence electrons. The number of ether oxygens (including phenoxy) is 2. The lowest BCUT2D eigenvalue weighted by molar-refractivity contribution is -0.112. The highest BCUT2D eigenvalue weighted by atomic mass is 35.5. The lowest BCUT2D eigenvalue weighted by Crippen LogP contribution is -2.14. The monoisotopic (exact) mass is 480 g/mol. The fraction of sp³-hybridized carbons (Fsp3) is 0.154. The predicted octanol–water partition coefficient (Wildman–Crippen LogP) is 6.83. The van der Waals surface area contributed by atoms with Crippen molar-refractivity contribution in [3.8, 4) is 17.6 Å². The van der Waals surface area contributed by atoms with Crippen LogP contribution in [0.15, 0.2) is 66.2 Å². The zero-order chi connectivity index (χ0) is 23.8. The Morgan fingerprint density at radius 3 is 2.52 bits per heavy atom. The molecule has 1 amide bonds. The van der Waals surface area contributed by atoms with Crippen LogP contribution in [0.2, 0.25) is 10.0 Å². The number of anilines is 1. The van der Waals surface area contributed by atoms with E-state index >= 15 is 0 Å². The van der Waals surface area contributed by atoms with E-state index < -0.39 is 5.91 Å². The van der Waals surface area contributed by atoms with Gasteiger partial charge in [-0.25, -0.2) is 0 Å². The quantitative estimate of drug-likeness (QED) is 0.283. The van der Waals surface area contributed by atoms with Crippen LogP contribution in [0, 0.1) is 18.3 Å². The number of halogens is 2. The number of carbonyl (C=O) groups is 1. The molecule has 33 heavy (non-hydrogen) atoms. The highest BCUT2D eigenvalue weighted by Crippen LogP contribution is 2.31. The van der Waals surface area contributed by atoms with Crippen molar-refractivity contribution in [2.75, 3.05) is 11.9 Å². The first kappa shape index (κ1) is 24.2. The number of nitriles is 1. The third-order valence-corrected chi connectivity index (χ3v) is 5.58. The largest absolute Gasteiger partial charge is 0.490 e. The summed E-state index contributed by atoms with van der Waals surface area (Å²) in [5.74, 6) is 0.507. The zero-order valence-corrected chi connectivity index (χ0v) is 19.7. The van der Waals surface area contributed by atoms with Gasteiger partial charge in [-0.2, -0.15) is 5.26 Å². The van der Waals surface area contributed by atoms with E-state index in [-0.39, 0.29) is 12.2 Å². The van der Waals surface area contributed by atoms with Gasteiger partial charge in [0, 0.05) is 21.3 Å². The fourth-order valence-electron chi connectivity index (χ4n) is 3.02. The topological polar surface area (TPSA) is 71.3 Å². The van der Waals surface area contributed by atoms with Gasteiger partial charge in [0.25, 0.3) is 5.91 Å². The summed E-state index contributed by atoms with van der Waals surface area (Å²) in [6.07, 6.45) is 1.50. The summed E-state index contributed by atoms with van der Waals surface area (Å²) in [5, 5.41) is 13.4. The van der Waals surface area contributed by atoms with Crippen LogP contribution in [-0.4, -0.2) is 12.5 Å². The number of carbonyl (C=O) groups excluding carboxylic acids is 1. The Balaban J connectivity index is 1.81. The van der Waals surface area contributed by atoms with Crippen LogP contribution in [0.5, 0.6) is 11.5 Å². The van der Waals surface area contributed by atoms with Gasteiger partial charge in [0.2, 0.25) is 0 Å². The Bertz CT molecular complexity index is 1230. The highest BCUT2D eigenvalue weighted by Gasteiger charge is 2.13. The van der Waals surface area contributed by atoms with Gasteiger partial charge in [-0.05, 0) is 61.4 Å². The summed E-state index contributed by atoms with van der Waals surface area (Å²) in [7, 11) is 0. The Hall–Kier alpha value is -3.46. The molecule has 0 heterocycles. The van der Waals surface area contributed by atoms with Gasteiger partial charge in [0.15, 0.2) is 11.5 Å². The second kappa shape index (κ2) is 11.4. The molecule has 5 nitrogen and oxygen atoms in total. The van der Waals surface area contributed by atoms with Gasteiger partial charge in [0.1, 0.15) is 18.2 Å². The first-order valence-corrected chi connectivity index (χ1v) is 11.0. The molecule has 0 saturated heterocycles. The van der Waals surface area contributed by atoms with E-state index in [4.69, 9.17) is 32.7 Å². The molecule has 0 aliphatic carbocycles. The average Bonchev–Trinajstić information content (AvgIpc) is 2.81. The summed E-state index contributed by atoms with van der Waals surface area (Å²) in [5.41, 5.74) is 2.69. The van der Waals surface area contributed by atoms with Gasteiger partial charge in [-0.15, -0.1) is 0 Å². The molecule has 0 bridgehead atoms. The van der Waals surface area contributed by atoms with Crippen molar-refractivity contribution in [3.05, 3.63) is 93.0 Å². The van der Waals surface area contributed by atoms with E-state index in [1.54, 1.807) is 49.4 Å². The number of rotatable bonds is 8. The molecule has 0 radical (unpaired) electrons. The third kappa shape index (κ3) is 6.29. The minimum atomic E-state index is -0.528. The maximum atomic E-state index is 12.7. The van der Waals surface area contributed by atoms with Crippen LogP contribution in [0.3, 0.4) is 0 Å². The Kier molecular flexibility index (Phi) is 8.37. The van der Waals surface area contributed by atoms with Gasteiger partial charge in [-0.1, -0.05) is 53.5 Å². The third-order valence-electron chi connectivity index (χ3n) is 4.80. The molecular weight excluding hydrogens is 459 g/mol. The number of hydrogen-bond donors (Lipinski definition) is 1. The first-order chi connectivity index (χ1) is 15.9. The molecule has 0 aliphatic heterocycles. The minimum absolute atomic E-state index is 0.0541. The van der Waals surface area contributed by atoms with Crippen LogP contribution in [0.4, 0.5) is 5.69 Å². The van der Waals surface area contributed by atoms with Crippen molar-refractivity contribution in [1.29, 1.82) is 5.26 Å². The average molecular weight is 481 g/mol. The second-order valence-corrected chi connectivity index (χ2v) is 7.87. The summed E-state index contributed by atoms with van der Waals surface area (Å²) >= 11 is 12.3. The van der Waals surface area contributed by atoms with Crippen molar-refractivity contribution in [1.82, 2.24) is 0 Å². The van der Waals surface area contributed by atoms with E-state index in [0.29, 0.717) is 39.4 Å². The van der Waals surface area contributed by atoms with Crippen LogP contribution in [0.1, 0.15) is 23.6 Å². The summed E-state index contributed by atoms with van der Waals surface area (Å²) < 4.78 is 11.6. The van der Waals surface area contributed by atoms with E-state index in [0.717, 1.165) is 11.1 Å². The Morgan fingerprint density at radius 2 is 1.79 bits per heavy atom. The van der Waals surface area contributed by atoms with Gasteiger partial charge >= 0.3 is 0 Å². The molecule has 0 atom stereocenters. The number of nitrogens with zero attached hydrogens (tertiary/aromatic N) is 1. The molecule has 3 rings (SSSR count). The number of benzene rings is 3. The van der Waals surface area contributed by atoms with Gasteiger partial charge in [-0.3, -0.25) is 4.79 Å². The number of amides is 1. The molecule has 0 aromatic heterocycles. The molecule has 1 N–H and O–H groups in total. The maximum Gasteiger partial charge on any atom is 0.266 e. The van der Waals surface area contributed by atoms with Crippen LogP contribution < -0.4 is 14.8 Å². The molecule has 0 fully saturated rings. The standard InChI is InChI=1S/C26H22Cl2N2O3/c1-3-32-25-14-18(11-12-24(25)33-16-19-7-4-5-8-22(19)28)13-20(15-29)26(31)30-23-10-6-9-21(27)17(23)2/h4-14H,3,16H2,1-2H3,(H,30,31)/b20-13+. The highest BCUT2D eigenvalue weighted by molar-refractivity contribution is 6.32. The summed E-state index contributed by atoms with van der Waals surface area (Å²) in [6.45, 7) is 4.36. The SMILES string of the molecule is CCOc1cc(/C=C(\C#N)C(=O)Nc2cccc(Cl)c2C)ccc1OCc1ccccc1Cl. The van der Waals surface area contributed by atoms with Gasteiger partial charge in [0.05, 0.1) is 6.61 Å². The minimum Gasteiger partial charge on any atom is -0.490 e. The maximum absolute atomic E-state index is 12.7. The fourth-order valence-corrected chi connectivity index (χ4v) is 3.39. The molecule has 0 saturated carbocycles. The summed E-state index contributed by atoms with van der Waals surface area (Å²) in [6, 6.07) is 19.8. The van der Waals surface area contributed by atoms with Crippen LogP contribution >= 0.6 is 23.2 Å². The Labute approximate surface area is 203 Å². The van der Waals surface area contributed by atoms with E-state index in [1.807, 2.05) is 31.2 Å². The number of nitrogens with one attached hydrogen (secondary N) is 1. The predicted molar refractivity (Wildman–Crippen MR) is 132 cm³/mol. The Morgan fingerprint density at radius 1 is 1.03 bits per heavy atom. The molecule has 3 aromatic rings. The van der Waals surface area contributed by atoms with Crippen LogP contribution in [-0.2, 0) is 11.4 Å². The molecule has 3 aromatic carbocycles. The van der Waals surface area contributed by atoms with Crippen molar-refractivity contribution < 1.29 is 14.3 Å². The normalized spacial score (nSPS) is 10.9. The smallest absolute Gasteiger partial charge is 0.266 e. The summed E-state index contributed by atoms with van der Waals surface area (Å²) in [4.78, 5) is 12.7. The zero-order valence-electron chi connectivity index (χ0n) is 18.2. The lowest BCUT2D eigenvalue weighted by atomic mass is 10.1. The van der Waals surface area contributed by atoms with Crippen molar-refractivity contribution in [3.63, 3.8) is 0 Å². The lowest BCUT2D eigenvalue weighted by Gasteiger charge is -2.13. The van der Waals surface area contributed by atoms with E-state index in [2.05, 4.69) is 5.32 Å². The second-order valence-electron chi connectivity index (χ2n) is 7.06. The van der Waals surface area contributed by atoms with Crippen molar-refractivity contribution in [2.45, 2.75) is 20.5 Å².